The summed E-state index contributed by atoms with van der Waals surface area (Å²) in [4.78, 5) is -0.370. The predicted molar refractivity (Wildman–Crippen MR) is 143 cm³/mol. The molecule has 2 heterocycles. The first-order valence-electron chi connectivity index (χ1n) is 13.0. The Hall–Kier alpha value is -2.10. The number of aliphatic hydroxyl groups is 6. The maximum absolute atomic E-state index is 12.6. The molecule has 2 aromatic rings. The third kappa shape index (κ3) is 7.25. The molecule has 0 saturated carbocycles. The van der Waals surface area contributed by atoms with E-state index in [2.05, 4.69) is 0 Å². The van der Waals surface area contributed by atoms with Gasteiger partial charge in [-0.2, -0.15) is 16.8 Å². The van der Waals surface area contributed by atoms with E-state index in [9.17, 15) is 47.5 Å². The van der Waals surface area contributed by atoms with Crippen LogP contribution in [-0.4, -0.2) is 122 Å². The zero-order valence-electron chi connectivity index (χ0n) is 23.0. The Morgan fingerprint density at radius 2 is 1.16 bits per heavy atom. The maximum Gasteiger partial charge on any atom is 0.297 e. The summed E-state index contributed by atoms with van der Waals surface area (Å²) < 4.78 is 76.6. The van der Waals surface area contributed by atoms with Crippen molar-refractivity contribution >= 4 is 20.2 Å². The van der Waals surface area contributed by atoms with E-state index in [4.69, 9.17) is 22.6 Å². The average Bonchev–Trinajstić information content (AvgIpc) is 3.21. The first-order chi connectivity index (χ1) is 20.1. The first-order valence-corrected chi connectivity index (χ1v) is 15.9. The molecule has 240 valence electrons. The van der Waals surface area contributed by atoms with Crippen LogP contribution in [0.15, 0.2) is 58.3 Å². The monoisotopic (exact) mass is 650 g/mol. The van der Waals surface area contributed by atoms with Gasteiger partial charge < -0.3 is 44.8 Å². The molecule has 6 N–H and O–H groups in total. The van der Waals surface area contributed by atoms with Crippen molar-refractivity contribution in [2.75, 3.05) is 19.8 Å². The van der Waals surface area contributed by atoms with Gasteiger partial charge in [-0.1, -0.05) is 35.4 Å². The van der Waals surface area contributed by atoms with E-state index < -0.39 is 94.9 Å². The Morgan fingerprint density at radius 3 is 1.63 bits per heavy atom. The first kappa shape index (κ1) is 33.8. The van der Waals surface area contributed by atoms with Crippen LogP contribution in [0, 0.1) is 13.8 Å². The fraction of sp³-hybridized carbons (Fsp3) is 0.538. The van der Waals surface area contributed by atoms with Crippen molar-refractivity contribution in [3.8, 4) is 0 Å². The molecule has 0 aliphatic carbocycles. The summed E-state index contributed by atoms with van der Waals surface area (Å²) in [5, 5.41) is 62.6. The lowest BCUT2D eigenvalue weighted by Crippen LogP contribution is -2.62. The summed E-state index contributed by atoms with van der Waals surface area (Å²) in [6, 6.07) is 11.4. The fourth-order valence-electron chi connectivity index (χ4n) is 4.46. The molecule has 0 amide bonds. The third-order valence-corrected chi connectivity index (χ3v) is 9.70. The summed E-state index contributed by atoms with van der Waals surface area (Å²) in [6.45, 7) is 0.683. The zero-order valence-corrected chi connectivity index (χ0v) is 24.7. The molecule has 0 radical (unpaired) electrons. The van der Waals surface area contributed by atoms with Gasteiger partial charge in [0.2, 0.25) is 5.79 Å². The van der Waals surface area contributed by atoms with Crippen LogP contribution in [0.2, 0.25) is 0 Å². The summed E-state index contributed by atoms with van der Waals surface area (Å²) in [5.74, 6) is -2.53. The fourth-order valence-corrected chi connectivity index (χ4v) is 6.30. The SMILES string of the molecule is Cc1ccc(S(=O)(=O)OC[C@@H]2O[C@@H](O[C@@]3(CO)O[C@@H](COS(=O)(=O)c4ccc(C)cc4)[C@@H](O)[C@H]3O)[C@@H](O)[C@@H](O)[C@H]2O)cc1. The molecule has 2 aliphatic heterocycles. The number of aliphatic hydroxyl groups excluding tert-OH is 6. The van der Waals surface area contributed by atoms with E-state index in [-0.39, 0.29) is 9.79 Å². The molecule has 2 aromatic carbocycles. The van der Waals surface area contributed by atoms with Crippen LogP contribution in [0.5, 0.6) is 0 Å². The maximum atomic E-state index is 12.6. The lowest BCUT2D eigenvalue weighted by molar-refractivity contribution is -0.383. The minimum atomic E-state index is -4.33. The third-order valence-electron chi connectivity index (χ3n) is 7.10. The molecule has 9 atom stereocenters. The van der Waals surface area contributed by atoms with E-state index >= 15 is 0 Å². The molecule has 17 heteroatoms. The number of hydrogen-bond donors (Lipinski definition) is 6. The molecule has 43 heavy (non-hydrogen) atoms. The van der Waals surface area contributed by atoms with E-state index in [1.807, 2.05) is 0 Å². The Labute approximate surface area is 248 Å². The number of ether oxygens (including phenoxy) is 3. The highest BCUT2D eigenvalue weighted by Crippen LogP contribution is 2.36. The van der Waals surface area contributed by atoms with Gasteiger partial charge >= 0.3 is 0 Å². The second-order valence-electron chi connectivity index (χ2n) is 10.3. The molecule has 0 bridgehead atoms. The smallest absolute Gasteiger partial charge is 0.297 e. The standard InChI is InChI=1S/C26H34O15S2/c1-14-3-7-16(8-4-14)42(33,34)37-11-18-20(28)22(30)23(31)25(39-18)41-26(13-27)24(32)21(29)19(40-26)12-38-43(35,36)17-9-5-15(2)6-10-17/h3-10,18-25,27-32H,11-13H2,1-2H3/t18-,19-,20-,21+,22-,23-,24+,25-,26+/m0/s1. The number of aryl methyl sites for hydroxylation is 2. The van der Waals surface area contributed by atoms with Gasteiger partial charge in [0.05, 0.1) is 23.0 Å². The Bertz CT molecular complexity index is 1450. The highest BCUT2D eigenvalue weighted by atomic mass is 32.2. The van der Waals surface area contributed by atoms with E-state index in [0.717, 1.165) is 11.1 Å². The molecule has 2 aliphatic rings. The Balaban J connectivity index is 1.45. The zero-order chi connectivity index (χ0) is 31.7. The lowest BCUT2D eigenvalue weighted by atomic mass is 9.99. The van der Waals surface area contributed by atoms with Crippen LogP contribution in [0.4, 0.5) is 0 Å². The van der Waals surface area contributed by atoms with Crippen LogP contribution < -0.4 is 0 Å². The quantitative estimate of drug-likeness (QED) is 0.145. The predicted octanol–water partition coefficient (Wildman–Crippen LogP) is -1.95. The highest BCUT2D eigenvalue weighted by molar-refractivity contribution is 7.87. The molecule has 0 spiro atoms. The summed E-state index contributed by atoms with van der Waals surface area (Å²) in [5.41, 5.74) is 1.59. The Kier molecular flexibility index (Phi) is 10.3. The van der Waals surface area contributed by atoms with Crippen molar-refractivity contribution in [3.63, 3.8) is 0 Å². The molecule has 2 fully saturated rings. The van der Waals surface area contributed by atoms with Crippen molar-refractivity contribution in [1.82, 2.24) is 0 Å². The molecule has 0 unspecified atom stereocenters. The van der Waals surface area contributed by atoms with Crippen molar-refractivity contribution in [2.24, 2.45) is 0 Å². The normalized spacial score (nSPS) is 33.5. The lowest BCUT2D eigenvalue weighted by Gasteiger charge is -2.43. The van der Waals surface area contributed by atoms with Crippen molar-refractivity contribution in [3.05, 3.63) is 59.7 Å². The van der Waals surface area contributed by atoms with Crippen molar-refractivity contribution in [1.29, 1.82) is 0 Å². The molecule has 2 saturated heterocycles. The van der Waals surface area contributed by atoms with Gasteiger partial charge in [-0.05, 0) is 38.1 Å². The largest absolute Gasteiger partial charge is 0.391 e. The van der Waals surface area contributed by atoms with Gasteiger partial charge in [-0.15, -0.1) is 0 Å². The van der Waals surface area contributed by atoms with E-state index in [1.165, 1.54) is 36.4 Å². The molecule has 15 nitrogen and oxygen atoms in total. The topological polar surface area (TPSA) is 236 Å². The van der Waals surface area contributed by atoms with Crippen LogP contribution >= 0.6 is 0 Å². The minimum absolute atomic E-state index is 0.181. The van der Waals surface area contributed by atoms with Crippen LogP contribution in [0.3, 0.4) is 0 Å². The molecular formula is C26H34O15S2. The van der Waals surface area contributed by atoms with Gasteiger partial charge in [0.15, 0.2) is 6.29 Å². The second-order valence-corrected chi connectivity index (χ2v) is 13.5. The summed E-state index contributed by atoms with van der Waals surface area (Å²) in [7, 11) is -8.64. The van der Waals surface area contributed by atoms with Gasteiger partial charge in [0.1, 0.15) is 49.3 Å². The summed E-state index contributed by atoms with van der Waals surface area (Å²) >= 11 is 0. The number of hydrogen-bond acceptors (Lipinski definition) is 15. The molecule has 0 aromatic heterocycles. The molecule has 4 rings (SSSR count). The van der Waals surface area contributed by atoms with E-state index in [1.54, 1.807) is 26.0 Å². The molecular weight excluding hydrogens is 616 g/mol. The van der Waals surface area contributed by atoms with Crippen LogP contribution in [0.1, 0.15) is 11.1 Å². The van der Waals surface area contributed by atoms with Crippen molar-refractivity contribution < 1.29 is 70.1 Å². The van der Waals surface area contributed by atoms with Crippen LogP contribution in [0.25, 0.3) is 0 Å². The minimum Gasteiger partial charge on any atom is -0.391 e. The summed E-state index contributed by atoms with van der Waals surface area (Å²) in [6.07, 6.45) is -14.9. The number of benzene rings is 2. The Morgan fingerprint density at radius 1 is 0.698 bits per heavy atom. The van der Waals surface area contributed by atoms with Gasteiger partial charge in [-0.3, -0.25) is 8.37 Å². The van der Waals surface area contributed by atoms with Crippen molar-refractivity contribution in [2.45, 2.75) is 78.4 Å². The van der Waals surface area contributed by atoms with Gasteiger partial charge in [-0.25, -0.2) is 0 Å². The van der Waals surface area contributed by atoms with E-state index in [0.29, 0.717) is 0 Å². The van der Waals surface area contributed by atoms with Gasteiger partial charge in [0.25, 0.3) is 20.2 Å². The number of rotatable bonds is 11. The second kappa shape index (κ2) is 13.1. The highest BCUT2D eigenvalue weighted by Gasteiger charge is 2.58. The van der Waals surface area contributed by atoms with Crippen LogP contribution in [-0.2, 0) is 42.8 Å². The average molecular weight is 651 g/mol. The van der Waals surface area contributed by atoms with Gasteiger partial charge in [0, 0.05) is 0 Å².